The van der Waals surface area contributed by atoms with Crippen LogP contribution in [0.4, 0.5) is 5.69 Å². The van der Waals surface area contributed by atoms with Crippen molar-refractivity contribution in [2.45, 2.75) is 18.4 Å². The van der Waals surface area contributed by atoms with Gasteiger partial charge in [0.1, 0.15) is 17.2 Å². The second-order valence-corrected chi connectivity index (χ2v) is 7.42. The Balaban J connectivity index is 1.48. The maximum atomic E-state index is 6.07. The first-order valence-electron chi connectivity index (χ1n) is 9.76. The van der Waals surface area contributed by atoms with Crippen LogP contribution in [0.15, 0.2) is 84.9 Å². The molecule has 0 saturated carbocycles. The van der Waals surface area contributed by atoms with Gasteiger partial charge in [-0.15, -0.1) is 0 Å². The van der Waals surface area contributed by atoms with Gasteiger partial charge < -0.3 is 14.8 Å². The van der Waals surface area contributed by atoms with E-state index in [1.54, 1.807) is 7.11 Å². The highest BCUT2D eigenvalue weighted by Gasteiger charge is 2.38. The lowest BCUT2D eigenvalue weighted by molar-refractivity contribution is 0.405. The summed E-state index contributed by atoms with van der Waals surface area (Å²) in [4.78, 5) is 0. The van der Waals surface area contributed by atoms with Crippen molar-refractivity contribution in [3.8, 4) is 17.2 Å². The summed E-state index contributed by atoms with van der Waals surface area (Å²) in [7, 11) is 1.72. The van der Waals surface area contributed by atoms with E-state index in [0.29, 0.717) is 11.8 Å². The monoisotopic (exact) mass is 369 g/mol. The normalized spacial score (nSPS) is 22.1. The van der Waals surface area contributed by atoms with Gasteiger partial charge in [-0.1, -0.05) is 42.5 Å². The number of anilines is 1. The van der Waals surface area contributed by atoms with Crippen LogP contribution in [0, 0.1) is 5.92 Å². The fourth-order valence-corrected chi connectivity index (χ4v) is 4.43. The van der Waals surface area contributed by atoms with Crippen LogP contribution < -0.4 is 14.8 Å². The summed E-state index contributed by atoms with van der Waals surface area (Å²) in [6, 6.07) is 25.0. The minimum absolute atomic E-state index is 0.267. The van der Waals surface area contributed by atoms with E-state index in [4.69, 9.17) is 9.47 Å². The Morgan fingerprint density at radius 2 is 1.71 bits per heavy atom. The van der Waals surface area contributed by atoms with Crippen LogP contribution in [0.2, 0.25) is 0 Å². The SMILES string of the molecule is COc1cccc(C2Nc3ccc(Oc4ccccc4)cc3C3C=CCC32)c1. The molecule has 0 amide bonds. The number of rotatable bonds is 4. The van der Waals surface area contributed by atoms with Gasteiger partial charge in [-0.05, 0) is 65.9 Å². The predicted molar refractivity (Wildman–Crippen MR) is 112 cm³/mol. The molecule has 3 heteroatoms. The Morgan fingerprint density at radius 3 is 2.57 bits per heavy atom. The molecule has 1 aliphatic carbocycles. The summed E-state index contributed by atoms with van der Waals surface area (Å²) >= 11 is 0. The summed E-state index contributed by atoms with van der Waals surface area (Å²) in [6.07, 6.45) is 5.73. The smallest absolute Gasteiger partial charge is 0.127 e. The molecule has 0 saturated heterocycles. The Morgan fingerprint density at radius 1 is 0.857 bits per heavy atom. The summed E-state index contributed by atoms with van der Waals surface area (Å²) in [6.45, 7) is 0. The van der Waals surface area contributed by atoms with Crippen LogP contribution >= 0.6 is 0 Å². The highest BCUT2D eigenvalue weighted by molar-refractivity contribution is 5.62. The van der Waals surface area contributed by atoms with E-state index in [0.717, 1.165) is 23.7 Å². The average molecular weight is 369 g/mol. The third-order valence-corrected chi connectivity index (χ3v) is 5.77. The molecule has 3 aromatic carbocycles. The highest BCUT2D eigenvalue weighted by atomic mass is 16.5. The minimum atomic E-state index is 0.267. The Bertz CT molecular complexity index is 1010. The Kier molecular flexibility index (Phi) is 4.28. The fourth-order valence-electron chi connectivity index (χ4n) is 4.43. The minimum Gasteiger partial charge on any atom is -0.497 e. The molecule has 3 aromatic rings. The first kappa shape index (κ1) is 16.9. The van der Waals surface area contributed by atoms with E-state index >= 15 is 0 Å². The van der Waals surface area contributed by atoms with Gasteiger partial charge in [-0.25, -0.2) is 0 Å². The maximum Gasteiger partial charge on any atom is 0.127 e. The second-order valence-electron chi connectivity index (χ2n) is 7.42. The van der Waals surface area contributed by atoms with Crippen LogP contribution in [0.25, 0.3) is 0 Å². The van der Waals surface area contributed by atoms with Crippen LogP contribution in [0.5, 0.6) is 17.2 Å². The average Bonchev–Trinajstić information content (AvgIpc) is 3.24. The molecule has 0 radical (unpaired) electrons. The fraction of sp³-hybridized carbons (Fsp3) is 0.200. The van der Waals surface area contributed by atoms with Crippen molar-refractivity contribution in [1.29, 1.82) is 0 Å². The Labute approximate surface area is 165 Å². The number of benzene rings is 3. The number of para-hydroxylation sites is 1. The van der Waals surface area contributed by atoms with Gasteiger partial charge in [0.25, 0.3) is 0 Å². The lowest BCUT2D eigenvalue weighted by Crippen LogP contribution is -2.29. The molecule has 3 unspecified atom stereocenters. The van der Waals surface area contributed by atoms with Crippen molar-refractivity contribution >= 4 is 5.69 Å². The molecular weight excluding hydrogens is 346 g/mol. The third kappa shape index (κ3) is 3.03. The van der Waals surface area contributed by atoms with Crippen molar-refractivity contribution in [3.63, 3.8) is 0 Å². The van der Waals surface area contributed by atoms with Crippen molar-refractivity contribution in [3.05, 3.63) is 96.1 Å². The van der Waals surface area contributed by atoms with Crippen LogP contribution in [-0.4, -0.2) is 7.11 Å². The van der Waals surface area contributed by atoms with Crippen molar-refractivity contribution in [1.82, 2.24) is 0 Å². The van der Waals surface area contributed by atoms with E-state index < -0.39 is 0 Å². The van der Waals surface area contributed by atoms with E-state index in [-0.39, 0.29) is 6.04 Å². The summed E-state index contributed by atoms with van der Waals surface area (Å²) in [5.74, 6) is 3.53. The number of allylic oxidation sites excluding steroid dienone is 2. The predicted octanol–water partition coefficient (Wildman–Crippen LogP) is 6.31. The molecule has 1 heterocycles. The number of hydrogen-bond acceptors (Lipinski definition) is 3. The molecule has 140 valence electrons. The molecule has 0 fully saturated rings. The summed E-state index contributed by atoms with van der Waals surface area (Å²) in [5, 5.41) is 3.78. The second kappa shape index (κ2) is 7.08. The molecule has 0 bridgehead atoms. The highest BCUT2D eigenvalue weighted by Crippen LogP contribution is 2.50. The lowest BCUT2D eigenvalue weighted by Gasteiger charge is -2.37. The van der Waals surface area contributed by atoms with E-state index in [1.165, 1.54) is 16.8 Å². The van der Waals surface area contributed by atoms with Gasteiger partial charge in [-0.2, -0.15) is 0 Å². The van der Waals surface area contributed by atoms with E-state index in [1.807, 2.05) is 42.5 Å². The zero-order valence-electron chi connectivity index (χ0n) is 15.8. The zero-order valence-corrected chi connectivity index (χ0v) is 15.8. The van der Waals surface area contributed by atoms with Gasteiger partial charge >= 0.3 is 0 Å². The summed E-state index contributed by atoms with van der Waals surface area (Å²) < 4.78 is 11.5. The van der Waals surface area contributed by atoms with Gasteiger partial charge in [0, 0.05) is 11.6 Å². The third-order valence-electron chi connectivity index (χ3n) is 5.77. The number of fused-ring (bicyclic) bond motifs is 3. The number of methoxy groups -OCH3 is 1. The molecule has 28 heavy (non-hydrogen) atoms. The standard InChI is InChI=1S/C25H23NO2/c1-27-19-10-5-7-17(15-19)25-22-12-6-11-21(22)23-16-20(13-14-24(23)26-25)28-18-8-3-2-4-9-18/h2-11,13-16,21-22,25-26H,12H2,1H3. The molecule has 2 aliphatic rings. The van der Waals surface area contributed by atoms with Crippen LogP contribution in [0.1, 0.15) is 29.5 Å². The maximum absolute atomic E-state index is 6.07. The molecule has 0 spiro atoms. The van der Waals surface area contributed by atoms with E-state index in [9.17, 15) is 0 Å². The van der Waals surface area contributed by atoms with E-state index in [2.05, 4.69) is 47.8 Å². The Hall–Kier alpha value is -3.20. The molecule has 5 rings (SSSR count). The number of nitrogens with one attached hydrogen (secondary N) is 1. The molecular formula is C25H23NO2. The molecule has 1 aliphatic heterocycles. The topological polar surface area (TPSA) is 30.5 Å². The van der Waals surface area contributed by atoms with Crippen LogP contribution in [0.3, 0.4) is 0 Å². The quantitative estimate of drug-likeness (QED) is 0.546. The number of hydrogen-bond donors (Lipinski definition) is 1. The number of ether oxygens (including phenoxy) is 2. The van der Waals surface area contributed by atoms with Crippen LogP contribution in [-0.2, 0) is 0 Å². The molecule has 0 aromatic heterocycles. The van der Waals surface area contributed by atoms with Crippen molar-refractivity contribution in [2.24, 2.45) is 5.92 Å². The van der Waals surface area contributed by atoms with Gasteiger partial charge in [-0.3, -0.25) is 0 Å². The van der Waals surface area contributed by atoms with Crippen molar-refractivity contribution < 1.29 is 9.47 Å². The van der Waals surface area contributed by atoms with Crippen molar-refractivity contribution in [2.75, 3.05) is 12.4 Å². The van der Waals surface area contributed by atoms with Gasteiger partial charge in [0.15, 0.2) is 0 Å². The molecule has 3 atom stereocenters. The largest absolute Gasteiger partial charge is 0.497 e. The molecule has 3 nitrogen and oxygen atoms in total. The lowest BCUT2D eigenvalue weighted by atomic mass is 9.77. The van der Waals surface area contributed by atoms with Gasteiger partial charge in [0.2, 0.25) is 0 Å². The zero-order chi connectivity index (χ0) is 18.9. The molecule has 1 N–H and O–H groups in total. The first-order chi connectivity index (χ1) is 13.8. The first-order valence-corrected chi connectivity index (χ1v) is 9.76. The summed E-state index contributed by atoms with van der Waals surface area (Å²) in [5.41, 5.74) is 3.76. The van der Waals surface area contributed by atoms with Gasteiger partial charge in [0.05, 0.1) is 13.2 Å².